The molecule has 0 saturated carbocycles. The Bertz CT molecular complexity index is 204. The lowest BCUT2D eigenvalue weighted by Gasteiger charge is -1.95. The van der Waals surface area contributed by atoms with Gasteiger partial charge < -0.3 is 0 Å². The Morgan fingerprint density at radius 3 is 2.82 bits per heavy atom. The number of hydrogen-bond donors (Lipinski definition) is 0. The van der Waals surface area contributed by atoms with E-state index in [-0.39, 0.29) is 0 Å². The number of allylic oxidation sites excluding steroid dienone is 6. The molecular weight excluding hydrogens is 132 g/mol. The van der Waals surface area contributed by atoms with E-state index in [2.05, 4.69) is 38.2 Å². The van der Waals surface area contributed by atoms with E-state index in [4.69, 9.17) is 0 Å². The molecule has 0 aliphatic heterocycles. The second-order valence-corrected chi connectivity index (χ2v) is 3.05. The topological polar surface area (TPSA) is 0 Å². The van der Waals surface area contributed by atoms with Crippen molar-refractivity contribution < 1.29 is 0 Å². The van der Waals surface area contributed by atoms with Crippen LogP contribution in [-0.2, 0) is 0 Å². The zero-order valence-electron chi connectivity index (χ0n) is 7.43. The molecule has 0 N–H and O–H groups in total. The molecule has 60 valence electrons. The molecule has 1 rings (SSSR count). The molecule has 11 heavy (non-hydrogen) atoms. The standard InChI is InChI=1S/C11H16/c1-3-5-11-7-4-6-10(2)8-9-11/h6-9H,3-5H2,1-2H3. The fourth-order valence-electron chi connectivity index (χ4n) is 1.24. The summed E-state index contributed by atoms with van der Waals surface area (Å²) in [6.07, 6.45) is 12.6. The van der Waals surface area contributed by atoms with Gasteiger partial charge in [-0.05, 0) is 19.8 Å². The Balaban J connectivity index is 2.58. The molecule has 0 nitrogen and oxygen atoms in total. The maximum atomic E-state index is 2.32. The summed E-state index contributed by atoms with van der Waals surface area (Å²) < 4.78 is 0. The molecule has 0 aromatic rings. The second-order valence-electron chi connectivity index (χ2n) is 3.05. The van der Waals surface area contributed by atoms with E-state index in [0.717, 1.165) is 6.42 Å². The van der Waals surface area contributed by atoms with Crippen LogP contribution in [0.25, 0.3) is 0 Å². The summed E-state index contributed by atoms with van der Waals surface area (Å²) in [6, 6.07) is 0. The Labute approximate surface area is 69.3 Å². The molecule has 0 atom stereocenters. The van der Waals surface area contributed by atoms with E-state index in [0.29, 0.717) is 0 Å². The molecular formula is C11H16. The molecule has 0 spiro atoms. The van der Waals surface area contributed by atoms with Gasteiger partial charge in [0.05, 0.1) is 0 Å². The van der Waals surface area contributed by atoms with Crippen LogP contribution in [0.3, 0.4) is 0 Å². The van der Waals surface area contributed by atoms with Crippen molar-refractivity contribution in [1.29, 1.82) is 0 Å². The summed E-state index contributed by atoms with van der Waals surface area (Å²) >= 11 is 0. The van der Waals surface area contributed by atoms with Crippen LogP contribution in [0.4, 0.5) is 0 Å². The number of hydrogen-bond acceptors (Lipinski definition) is 0. The summed E-state index contributed by atoms with van der Waals surface area (Å²) in [5.41, 5.74) is 2.87. The minimum atomic E-state index is 1.11. The molecule has 1 aliphatic carbocycles. The third-order valence-electron chi connectivity index (χ3n) is 1.92. The molecule has 1 aliphatic rings. The highest BCUT2D eigenvalue weighted by molar-refractivity contribution is 5.30. The normalized spacial score (nSPS) is 17.3. The summed E-state index contributed by atoms with van der Waals surface area (Å²) in [6.45, 7) is 4.37. The first-order valence-electron chi connectivity index (χ1n) is 4.37. The van der Waals surface area contributed by atoms with Gasteiger partial charge in [-0.15, -0.1) is 0 Å². The van der Waals surface area contributed by atoms with Crippen LogP contribution in [0, 0.1) is 0 Å². The smallest absolute Gasteiger partial charge is 0.0158 e. The fraction of sp³-hybridized carbons (Fsp3) is 0.455. The molecule has 0 heteroatoms. The molecule has 0 amide bonds. The van der Waals surface area contributed by atoms with Gasteiger partial charge in [-0.3, -0.25) is 0 Å². The predicted octanol–water partition coefficient (Wildman–Crippen LogP) is 3.62. The van der Waals surface area contributed by atoms with E-state index >= 15 is 0 Å². The molecule has 0 aromatic carbocycles. The first kappa shape index (κ1) is 8.32. The molecule has 0 aromatic heterocycles. The van der Waals surface area contributed by atoms with Crippen LogP contribution >= 0.6 is 0 Å². The minimum Gasteiger partial charge on any atom is -0.0778 e. The van der Waals surface area contributed by atoms with Gasteiger partial charge >= 0.3 is 0 Å². The Kier molecular flexibility index (Phi) is 3.15. The molecule has 0 heterocycles. The van der Waals surface area contributed by atoms with Crippen molar-refractivity contribution in [3.05, 3.63) is 35.5 Å². The molecule has 0 saturated heterocycles. The van der Waals surface area contributed by atoms with Crippen LogP contribution in [0.2, 0.25) is 0 Å². The van der Waals surface area contributed by atoms with Gasteiger partial charge in [0.25, 0.3) is 0 Å². The lowest BCUT2D eigenvalue weighted by atomic mass is 10.1. The van der Waals surface area contributed by atoms with Gasteiger partial charge in [0, 0.05) is 0 Å². The molecule has 0 radical (unpaired) electrons. The van der Waals surface area contributed by atoms with Crippen LogP contribution in [-0.4, -0.2) is 0 Å². The van der Waals surface area contributed by atoms with Gasteiger partial charge in [-0.25, -0.2) is 0 Å². The molecule has 0 fully saturated rings. The van der Waals surface area contributed by atoms with Crippen molar-refractivity contribution >= 4 is 0 Å². The number of rotatable bonds is 2. The van der Waals surface area contributed by atoms with Crippen molar-refractivity contribution in [1.82, 2.24) is 0 Å². The molecule has 0 bridgehead atoms. The first-order valence-corrected chi connectivity index (χ1v) is 4.37. The summed E-state index contributed by atoms with van der Waals surface area (Å²) in [5.74, 6) is 0. The van der Waals surface area contributed by atoms with E-state index < -0.39 is 0 Å². The van der Waals surface area contributed by atoms with E-state index in [1.54, 1.807) is 0 Å². The van der Waals surface area contributed by atoms with E-state index in [9.17, 15) is 0 Å². The van der Waals surface area contributed by atoms with Crippen LogP contribution in [0.5, 0.6) is 0 Å². The van der Waals surface area contributed by atoms with E-state index in [1.165, 1.54) is 24.0 Å². The third kappa shape index (κ3) is 2.75. The van der Waals surface area contributed by atoms with E-state index in [1.807, 2.05) is 0 Å². The van der Waals surface area contributed by atoms with Gasteiger partial charge in [0.2, 0.25) is 0 Å². The average molecular weight is 148 g/mol. The summed E-state index contributed by atoms with van der Waals surface area (Å²) in [5, 5.41) is 0. The Hall–Kier alpha value is -0.780. The maximum absolute atomic E-state index is 2.32. The van der Waals surface area contributed by atoms with Crippen molar-refractivity contribution in [2.24, 2.45) is 0 Å². The zero-order valence-corrected chi connectivity index (χ0v) is 7.43. The Morgan fingerprint density at radius 1 is 1.27 bits per heavy atom. The quantitative estimate of drug-likeness (QED) is 0.561. The van der Waals surface area contributed by atoms with Gasteiger partial charge in [0.1, 0.15) is 0 Å². The first-order chi connectivity index (χ1) is 5.33. The van der Waals surface area contributed by atoms with Crippen molar-refractivity contribution in [2.45, 2.75) is 33.1 Å². The predicted molar refractivity (Wildman–Crippen MR) is 50.5 cm³/mol. The fourth-order valence-corrected chi connectivity index (χ4v) is 1.24. The summed E-state index contributed by atoms with van der Waals surface area (Å²) in [7, 11) is 0. The average Bonchev–Trinajstić information content (AvgIpc) is 2.17. The lowest BCUT2D eigenvalue weighted by molar-refractivity contribution is 0.922. The Morgan fingerprint density at radius 2 is 2.09 bits per heavy atom. The SMILES string of the molecule is CCCC1=CCC=C(C)C=C1. The minimum absolute atomic E-state index is 1.11. The van der Waals surface area contributed by atoms with Crippen molar-refractivity contribution in [3.63, 3.8) is 0 Å². The van der Waals surface area contributed by atoms with Crippen LogP contribution < -0.4 is 0 Å². The van der Waals surface area contributed by atoms with Crippen LogP contribution in [0.15, 0.2) is 35.5 Å². The highest BCUT2D eigenvalue weighted by Gasteiger charge is 1.93. The molecule has 0 unspecified atom stereocenters. The highest BCUT2D eigenvalue weighted by Crippen LogP contribution is 2.13. The third-order valence-corrected chi connectivity index (χ3v) is 1.92. The van der Waals surface area contributed by atoms with Gasteiger partial charge in [-0.1, -0.05) is 48.8 Å². The van der Waals surface area contributed by atoms with Crippen LogP contribution in [0.1, 0.15) is 33.1 Å². The largest absolute Gasteiger partial charge is 0.0778 e. The lowest BCUT2D eigenvalue weighted by Crippen LogP contribution is -1.75. The monoisotopic (exact) mass is 148 g/mol. The van der Waals surface area contributed by atoms with Gasteiger partial charge in [0.15, 0.2) is 0 Å². The van der Waals surface area contributed by atoms with Gasteiger partial charge in [-0.2, -0.15) is 0 Å². The maximum Gasteiger partial charge on any atom is -0.0158 e. The second kappa shape index (κ2) is 4.17. The van der Waals surface area contributed by atoms with Crippen molar-refractivity contribution in [2.75, 3.05) is 0 Å². The zero-order chi connectivity index (χ0) is 8.10. The van der Waals surface area contributed by atoms with Crippen molar-refractivity contribution in [3.8, 4) is 0 Å². The highest BCUT2D eigenvalue weighted by atomic mass is 14.0. The summed E-state index contributed by atoms with van der Waals surface area (Å²) in [4.78, 5) is 0.